The van der Waals surface area contributed by atoms with E-state index < -0.39 is 0 Å². The van der Waals surface area contributed by atoms with Crippen LogP contribution in [0.4, 0.5) is 0 Å². The second-order valence-electron chi connectivity index (χ2n) is 6.16. The summed E-state index contributed by atoms with van der Waals surface area (Å²) >= 11 is 6.08. The molecule has 0 saturated heterocycles. The Kier molecular flexibility index (Phi) is 8.42. The van der Waals surface area contributed by atoms with Gasteiger partial charge >= 0.3 is 0 Å². The highest BCUT2D eigenvalue weighted by Crippen LogP contribution is 2.24. The van der Waals surface area contributed by atoms with Crippen LogP contribution in [0.3, 0.4) is 0 Å². The molecule has 2 N–H and O–H groups in total. The Morgan fingerprint density at radius 1 is 1.32 bits per heavy atom. The van der Waals surface area contributed by atoms with Crippen LogP contribution >= 0.6 is 24.0 Å². The molecule has 0 fully saturated rings. The van der Waals surface area contributed by atoms with E-state index in [0.717, 1.165) is 17.9 Å². The molecular weight excluding hydrogens is 359 g/mol. The molecule has 1 amide bonds. The van der Waals surface area contributed by atoms with Gasteiger partial charge in [-0.05, 0) is 37.6 Å². The van der Waals surface area contributed by atoms with Crippen molar-refractivity contribution in [2.24, 2.45) is 0 Å². The number of nitrogens with zero attached hydrogens (tertiary/aromatic N) is 2. The maximum absolute atomic E-state index is 12.6. The Bertz CT molecular complexity index is 700. The lowest BCUT2D eigenvalue weighted by molar-refractivity contribution is 0.0949. The minimum atomic E-state index is -0.100. The summed E-state index contributed by atoms with van der Waals surface area (Å²) in [6.45, 7) is 9.65. The fourth-order valence-electron chi connectivity index (χ4n) is 2.66. The number of halogens is 2. The molecule has 2 aromatic rings. The van der Waals surface area contributed by atoms with Crippen LogP contribution in [0.25, 0.3) is 5.69 Å². The number of benzene rings is 1. The van der Waals surface area contributed by atoms with Gasteiger partial charge in [0.1, 0.15) is 0 Å². The summed E-state index contributed by atoms with van der Waals surface area (Å²) in [6, 6.07) is 7.69. The summed E-state index contributed by atoms with van der Waals surface area (Å²) in [5.74, 6) is 0.0511. The number of likely N-dealkylation sites (N-methyl/N-ethyl adjacent to an activating group) is 1. The lowest BCUT2D eigenvalue weighted by Crippen LogP contribution is -2.39. The summed E-state index contributed by atoms with van der Waals surface area (Å²) in [5.41, 5.74) is 2.34. The van der Waals surface area contributed by atoms with Gasteiger partial charge < -0.3 is 10.6 Å². The first kappa shape index (κ1) is 21.5. The maximum Gasteiger partial charge on any atom is 0.254 e. The fourth-order valence-corrected chi connectivity index (χ4v) is 2.85. The Hall–Kier alpha value is -1.56. The summed E-state index contributed by atoms with van der Waals surface area (Å²) < 4.78 is 1.79. The van der Waals surface area contributed by atoms with Gasteiger partial charge in [-0.2, -0.15) is 5.10 Å². The molecule has 1 aromatic heterocycles. The molecule has 0 aliphatic heterocycles. The molecule has 138 valence electrons. The molecule has 1 atom stereocenters. The smallest absolute Gasteiger partial charge is 0.254 e. The van der Waals surface area contributed by atoms with Crippen molar-refractivity contribution in [2.75, 3.05) is 13.1 Å². The van der Waals surface area contributed by atoms with Crippen LogP contribution < -0.4 is 10.6 Å². The lowest BCUT2D eigenvalue weighted by atomic mass is 10.0. The van der Waals surface area contributed by atoms with E-state index in [-0.39, 0.29) is 30.3 Å². The number of hydrogen-bond donors (Lipinski definition) is 2. The number of hydrogen-bond acceptors (Lipinski definition) is 3. The second kappa shape index (κ2) is 9.80. The first-order valence-electron chi connectivity index (χ1n) is 8.29. The normalized spacial score (nSPS) is 11.9. The van der Waals surface area contributed by atoms with Crippen LogP contribution in [0.1, 0.15) is 49.7 Å². The Morgan fingerprint density at radius 3 is 2.64 bits per heavy atom. The molecule has 0 bridgehead atoms. The summed E-state index contributed by atoms with van der Waals surface area (Å²) in [6.07, 6.45) is 1.63. The SMILES string of the molecule is CCN[C@H](C)CNC(=O)c1cnn(-c2cccc(Cl)c2)c1C(C)C.Cl. The Balaban J connectivity index is 0.00000312. The second-order valence-corrected chi connectivity index (χ2v) is 6.60. The molecular formula is C18H26Cl2N4O. The summed E-state index contributed by atoms with van der Waals surface area (Å²) in [5, 5.41) is 11.3. The molecule has 2 rings (SSSR count). The van der Waals surface area contributed by atoms with Gasteiger partial charge in [0.25, 0.3) is 5.91 Å². The maximum atomic E-state index is 12.6. The highest BCUT2D eigenvalue weighted by molar-refractivity contribution is 6.30. The molecule has 0 aliphatic carbocycles. The van der Waals surface area contributed by atoms with Crippen molar-refractivity contribution in [3.05, 3.63) is 46.7 Å². The van der Waals surface area contributed by atoms with Crippen LogP contribution in [0.15, 0.2) is 30.5 Å². The Labute approximate surface area is 160 Å². The van der Waals surface area contributed by atoms with Crippen molar-refractivity contribution in [3.63, 3.8) is 0 Å². The molecule has 0 radical (unpaired) electrons. The van der Waals surface area contributed by atoms with Gasteiger partial charge in [0, 0.05) is 17.6 Å². The van der Waals surface area contributed by atoms with E-state index in [1.165, 1.54) is 0 Å². The van der Waals surface area contributed by atoms with Gasteiger partial charge in [0.2, 0.25) is 0 Å². The molecule has 1 aromatic carbocycles. The van der Waals surface area contributed by atoms with E-state index in [2.05, 4.69) is 29.6 Å². The van der Waals surface area contributed by atoms with Crippen LogP contribution in [0.2, 0.25) is 5.02 Å². The number of amides is 1. The number of rotatable bonds is 7. The average Bonchev–Trinajstić information content (AvgIpc) is 2.98. The largest absolute Gasteiger partial charge is 0.350 e. The van der Waals surface area contributed by atoms with E-state index in [1.54, 1.807) is 10.9 Å². The van der Waals surface area contributed by atoms with Crippen molar-refractivity contribution < 1.29 is 4.79 Å². The van der Waals surface area contributed by atoms with Crippen molar-refractivity contribution in [1.82, 2.24) is 20.4 Å². The zero-order valence-corrected chi connectivity index (χ0v) is 16.6. The zero-order chi connectivity index (χ0) is 17.7. The summed E-state index contributed by atoms with van der Waals surface area (Å²) in [7, 11) is 0. The molecule has 0 aliphatic rings. The third-order valence-corrected chi connectivity index (χ3v) is 4.01. The number of carbonyl (C=O) groups is 1. The van der Waals surface area contributed by atoms with Crippen LogP contribution in [-0.4, -0.2) is 34.8 Å². The van der Waals surface area contributed by atoms with Gasteiger partial charge in [0.05, 0.1) is 23.1 Å². The van der Waals surface area contributed by atoms with E-state index in [4.69, 9.17) is 11.6 Å². The van der Waals surface area contributed by atoms with Gasteiger partial charge in [-0.15, -0.1) is 12.4 Å². The van der Waals surface area contributed by atoms with E-state index >= 15 is 0 Å². The van der Waals surface area contributed by atoms with Crippen molar-refractivity contribution in [3.8, 4) is 5.69 Å². The van der Waals surface area contributed by atoms with Crippen molar-refractivity contribution >= 4 is 29.9 Å². The standard InChI is InChI=1S/C18H25ClN4O.ClH/c1-5-20-13(4)10-21-18(24)16-11-22-23(17(16)12(2)3)15-8-6-7-14(19)9-15;/h6-9,11-13,20H,5,10H2,1-4H3,(H,21,24);1H/t13-;/m1./s1. The molecule has 1 heterocycles. The quantitative estimate of drug-likeness (QED) is 0.762. The van der Waals surface area contributed by atoms with Crippen molar-refractivity contribution in [1.29, 1.82) is 0 Å². The monoisotopic (exact) mass is 384 g/mol. The fraction of sp³-hybridized carbons (Fsp3) is 0.444. The number of carbonyl (C=O) groups excluding carboxylic acids is 1. The predicted octanol–water partition coefficient (Wildman–Crippen LogP) is 3.80. The van der Waals surface area contributed by atoms with E-state index in [1.807, 2.05) is 38.1 Å². The summed E-state index contributed by atoms with van der Waals surface area (Å²) in [4.78, 5) is 12.6. The third kappa shape index (κ3) is 5.46. The number of nitrogens with one attached hydrogen (secondary N) is 2. The lowest BCUT2D eigenvalue weighted by Gasteiger charge is -2.15. The number of aromatic nitrogens is 2. The molecule has 0 unspecified atom stereocenters. The highest BCUT2D eigenvalue weighted by atomic mass is 35.5. The van der Waals surface area contributed by atoms with E-state index in [0.29, 0.717) is 17.1 Å². The topological polar surface area (TPSA) is 58.9 Å². The minimum Gasteiger partial charge on any atom is -0.350 e. The Morgan fingerprint density at radius 2 is 2.04 bits per heavy atom. The average molecular weight is 385 g/mol. The van der Waals surface area contributed by atoms with Crippen LogP contribution in [-0.2, 0) is 0 Å². The van der Waals surface area contributed by atoms with Crippen LogP contribution in [0, 0.1) is 0 Å². The molecule has 25 heavy (non-hydrogen) atoms. The molecule has 0 saturated carbocycles. The molecule has 0 spiro atoms. The molecule has 5 nitrogen and oxygen atoms in total. The van der Waals surface area contributed by atoms with Crippen LogP contribution in [0.5, 0.6) is 0 Å². The van der Waals surface area contributed by atoms with Gasteiger partial charge in [-0.3, -0.25) is 4.79 Å². The highest BCUT2D eigenvalue weighted by Gasteiger charge is 2.21. The van der Waals surface area contributed by atoms with Gasteiger partial charge in [-0.1, -0.05) is 38.4 Å². The van der Waals surface area contributed by atoms with Crippen molar-refractivity contribution in [2.45, 2.75) is 39.7 Å². The van der Waals surface area contributed by atoms with Gasteiger partial charge in [0.15, 0.2) is 0 Å². The first-order chi connectivity index (χ1) is 11.4. The zero-order valence-electron chi connectivity index (χ0n) is 15.0. The first-order valence-corrected chi connectivity index (χ1v) is 8.67. The molecule has 7 heteroatoms. The predicted molar refractivity (Wildman–Crippen MR) is 105 cm³/mol. The third-order valence-electron chi connectivity index (χ3n) is 3.77. The minimum absolute atomic E-state index is 0. The van der Waals surface area contributed by atoms with Gasteiger partial charge in [-0.25, -0.2) is 4.68 Å². The van der Waals surface area contributed by atoms with E-state index in [9.17, 15) is 4.79 Å².